The fourth-order valence-corrected chi connectivity index (χ4v) is 7.27. The second kappa shape index (κ2) is 17.1. The van der Waals surface area contributed by atoms with Gasteiger partial charge >= 0.3 is 0 Å². The van der Waals surface area contributed by atoms with Gasteiger partial charge in [0.05, 0.1) is 0 Å². The Kier molecular flexibility index (Phi) is 12.1. The molecule has 2 unspecified atom stereocenters. The van der Waals surface area contributed by atoms with Gasteiger partial charge in [0.25, 0.3) is 0 Å². The fraction of sp³-hybridized carbons (Fsp3) is 0.419. The Bertz CT molecular complexity index is 1540. The molecule has 2 heterocycles. The van der Waals surface area contributed by atoms with Gasteiger partial charge in [0.2, 0.25) is 0 Å². The maximum absolute atomic E-state index is 14.9. The SMILES string of the molecule is CCC(C)N1CCN(c2cc(CNc3ccccc3)ccc2C(=O)c2ccc(CNc3ccccc3)cc2N2CCN(C(C)CC)CC2)CC1. The summed E-state index contributed by atoms with van der Waals surface area (Å²) < 4.78 is 0. The number of hydrogen-bond donors (Lipinski definition) is 2. The normalized spacial score (nSPS) is 17.0. The van der Waals surface area contributed by atoms with Crippen molar-refractivity contribution in [1.29, 1.82) is 0 Å². The Hall–Kier alpha value is -4.33. The van der Waals surface area contributed by atoms with Crippen LogP contribution in [0.3, 0.4) is 0 Å². The molecule has 0 bridgehead atoms. The monoisotopic (exact) mass is 672 g/mol. The molecule has 2 aliphatic rings. The van der Waals surface area contributed by atoms with E-state index in [1.807, 2.05) is 12.1 Å². The molecule has 264 valence electrons. The van der Waals surface area contributed by atoms with Crippen molar-refractivity contribution in [1.82, 2.24) is 9.80 Å². The maximum Gasteiger partial charge on any atom is 0.197 e. The third kappa shape index (κ3) is 8.69. The molecule has 0 aliphatic carbocycles. The molecule has 4 aromatic carbocycles. The van der Waals surface area contributed by atoms with E-state index in [2.05, 4.69) is 143 Å². The third-order valence-electron chi connectivity index (χ3n) is 10.9. The summed E-state index contributed by atoms with van der Waals surface area (Å²) in [4.78, 5) is 24.9. The smallest absolute Gasteiger partial charge is 0.197 e. The van der Waals surface area contributed by atoms with Gasteiger partial charge in [0, 0.05) is 111 Å². The molecule has 0 spiro atoms. The van der Waals surface area contributed by atoms with Crippen LogP contribution < -0.4 is 20.4 Å². The minimum Gasteiger partial charge on any atom is -0.381 e. The van der Waals surface area contributed by atoms with Crippen LogP contribution in [0.15, 0.2) is 97.1 Å². The molecular formula is C43H56N6O. The van der Waals surface area contributed by atoms with Crippen LogP contribution in [0.2, 0.25) is 0 Å². The Labute approximate surface area is 300 Å². The number of carbonyl (C=O) groups is 1. The van der Waals surface area contributed by atoms with Gasteiger partial charge in [-0.25, -0.2) is 0 Å². The lowest BCUT2D eigenvalue weighted by atomic mass is 9.95. The van der Waals surface area contributed by atoms with Crippen LogP contribution in [-0.2, 0) is 13.1 Å². The quantitative estimate of drug-likeness (QED) is 0.132. The van der Waals surface area contributed by atoms with Gasteiger partial charge in [-0.1, -0.05) is 62.4 Å². The van der Waals surface area contributed by atoms with Gasteiger partial charge in [-0.2, -0.15) is 0 Å². The maximum atomic E-state index is 14.9. The van der Waals surface area contributed by atoms with Gasteiger partial charge in [0.15, 0.2) is 5.78 Å². The number of anilines is 4. The van der Waals surface area contributed by atoms with E-state index in [9.17, 15) is 4.79 Å². The molecule has 2 fully saturated rings. The molecule has 0 saturated carbocycles. The van der Waals surface area contributed by atoms with Gasteiger partial charge in [-0.3, -0.25) is 14.6 Å². The van der Waals surface area contributed by atoms with Crippen LogP contribution in [0.1, 0.15) is 67.6 Å². The molecule has 0 aromatic heterocycles. The summed E-state index contributed by atoms with van der Waals surface area (Å²) in [5, 5.41) is 7.14. The van der Waals surface area contributed by atoms with E-state index in [1.54, 1.807) is 0 Å². The first-order valence-corrected chi connectivity index (χ1v) is 18.8. The molecule has 4 aromatic rings. The molecule has 50 heavy (non-hydrogen) atoms. The number of carbonyl (C=O) groups excluding carboxylic acids is 1. The topological polar surface area (TPSA) is 54.1 Å². The number of ketones is 1. The summed E-state index contributed by atoms with van der Waals surface area (Å²) in [6.45, 7) is 18.2. The molecule has 2 saturated heterocycles. The fourth-order valence-electron chi connectivity index (χ4n) is 7.27. The van der Waals surface area contributed by atoms with Crippen molar-refractivity contribution >= 4 is 28.5 Å². The second-order valence-electron chi connectivity index (χ2n) is 14.0. The lowest BCUT2D eigenvalue weighted by Crippen LogP contribution is -2.50. The Balaban J connectivity index is 1.31. The standard InChI is InChI=1S/C43H56N6O/c1-5-33(3)46-21-25-48(26-22-46)41-29-35(31-44-37-13-9-7-10-14-37)17-19-39(41)43(50)40-20-18-36(32-45-38-15-11-8-12-16-38)30-42(40)49-27-23-47(24-28-49)34(4)6-2/h7-20,29-30,33-34,44-45H,5-6,21-28,31-32H2,1-4H3. The highest BCUT2D eigenvalue weighted by Gasteiger charge is 2.28. The summed E-state index contributed by atoms with van der Waals surface area (Å²) in [6, 6.07) is 34.7. The number of hydrogen-bond acceptors (Lipinski definition) is 7. The van der Waals surface area contributed by atoms with E-state index in [0.717, 1.165) is 99.1 Å². The highest BCUT2D eigenvalue weighted by Crippen LogP contribution is 2.32. The molecule has 6 rings (SSSR count). The zero-order chi connectivity index (χ0) is 34.9. The zero-order valence-electron chi connectivity index (χ0n) is 30.6. The predicted molar refractivity (Wildman–Crippen MR) is 211 cm³/mol. The molecule has 0 radical (unpaired) electrons. The minimum atomic E-state index is 0.105. The van der Waals surface area contributed by atoms with Crippen LogP contribution in [0.5, 0.6) is 0 Å². The number of rotatable bonds is 14. The highest BCUT2D eigenvalue weighted by molar-refractivity contribution is 6.15. The van der Waals surface area contributed by atoms with Crippen LogP contribution in [0.4, 0.5) is 22.7 Å². The first-order chi connectivity index (χ1) is 24.4. The van der Waals surface area contributed by atoms with Crippen molar-refractivity contribution < 1.29 is 4.79 Å². The van der Waals surface area contributed by atoms with Gasteiger partial charge in [-0.05, 0) is 86.3 Å². The van der Waals surface area contributed by atoms with Crippen LogP contribution >= 0.6 is 0 Å². The van der Waals surface area contributed by atoms with E-state index < -0.39 is 0 Å². The second-order valence-corrected chi connectivity index (χ2v) is 14.0. The molecule has 2 atom stereocenters. The van der Waals surface area contributed by atoms with Gasteiger partial charge < -0.3 is 20.4 Å². The summed E-state index contributed by atoms with van der Waals surface area (Å²) in [5.74, 6) is 0.105. The number of piperazine rings is 2. The first kappa shape index (κ1) is 35.5. The van der Waals surface area contributed by atoms with Crippen molar-refractivity contribution in [3.8, 4) is 0 Å². The van der Waals surface area contributed by atoms with E-state index in [4.69, 9.17) is 0 Å². The van der Waals surface area contributed by atoms with Crippen LogP contribution in [-0.4, -0.2) is 80.0 Å². The summed E-state index contributed by atoms with van der Waals surface area (Å²) in [7, 11) is 0. The number of benzene rings is 4. The zero-order valence-corrected chi connectivity index (χ0v) is 30.6. The van der Waals surface area contributed by atoms with E-state index in [-0.39, 0.29) is 5.78 Å². The summed E-state index contributed by atoms with van der Waals surface area (Å²) in [5.41, 5.74) is 8.22. The minimum absolute atomic E-state index is 0.105. The van der Waals surface area contributed by atoms with Crippen molar-refractivity contribution in [3.63, 3.8) is 0 Å². The summed E-state index contributed by atoms with van der Waals surface area (Å²) >= 11 is 0. The molecule has 2 N–H and O–H groups in total. The molecular weight excluding hydrogens is 617 g/mol. The van der Waals surface area contributed by atoms with Crippen molar-refractivity contribution in [2.45, 2.75) is 65.7 Å². The Morgan fingerprint density at radius 3 is 1.30 bits per heavy atom. The molecule has 7 nitrogen and oxygen atoms in total. The van der Waals surface area contributed by atoms with Crippen LogP contribution in [0.25, 0.3) is 0 Å². The average Bonchev–Trinajstić information content (AvgIpc) is 3.19. The Morgan fingerprint density at radius 1 is 0.560 bits per heavy atom. The Morgan fingerprint density at radius 2 is 0.940 bits per heavy atom. The lowest BCUT2D eigenvalue weighted by molar-refractivity contribution is 0.103. The molecule has 2 aliphatic heterocycles. The van der Waals surface area contributed by atoms with Gasteiger partial charge in [-0.15, -0.1) is 0 Å². The van der Waals surface area contributed by atoms with Crippen LogP contribution in [0, 0.1) is 0 Å². The number of nitrogens with one attached hydrogen (secondary N) is 2. The van der Waals surface area contributed by atoms with E-state index in [1.165, 1.54) is 11.1 Å². The average molecular weight is 673 g/mol. The van der Waals surface area contributed by atoms with E-state index in [0.29, 0.717) is 25.2 Å². The number of para-hydroxylation sites is 2. The molecule has 0 amide bonds. The third-order valence-corrected chi connectivity index (χ3v) is 10.9. The highest BCUT2D eigenvalue weighted by atomic mass is 16.1. The summed E-state index contributed by atoms with van der Waals surface area (Å²) in [6.07, 6.45) is 2.30. The predicted octanol–water partition coefficient (Wildman–Crippen LogP) is 7.98. The van der Waals surface area contributed by atoms with Crippen molar-refractivity contribution in [2.75, 3.05) is 72.8 Å². The van der Waals surface area contributed by atoms with E-state index >= 15 is 0 Å². The first-order valence-electron chi connectivity index (χ1n) is 18.8. The lowest BCUT2D eigenvalue weighted by Gasteiger charge is -2.40. The van der Waals surface area contributed by atoms with Gasteiger partial charge in [0.1, 0.15) is 0 Å². The largest absolute Gasteiger partial charge is 0.381 e. The van der Waals surface area contributed by atoms with Crippen molar-refractivity contribution in [3.05, 3.63) is 119 Å². The number of nitrogens with zero attached hydrogens (tertiary/aromatic N) is 4. The van der Waals surface area contributed by atoms with Crippen molar-refractivity contribution in [2.24, 2.45) is 0 Å². The molecule has 7 heteroatoms.